The van der Waals surface area contributed by atoms with Gasteiger partial charge in [0.2, 0.25) is 5.91 Å². The summed E-state index contributed by atoms with van der Waals surface area (Å²) < 4.78 is 19.8. The van der Waals surface area contributed by atoms with Gasteiger partial charge in [0.25, 0.3) is 0 Å². The number of hydrogen-bond acceptors (Lipinski definition) is 6. The lowest BCUT2D eigenvalue weighted by atomic mass is 9.99. The quantitative estimate of drug-likeness (QED) is 0.493. The predicted octanol–water partition coefficient (Wildman–Crippen LogP) is 3.33. The Morgan fingerprint density at radius 1 is 1.21 bits per heavy atom. The molecular weight excluding hydrogens is 441 g/mol. The van der Waals surface area contributed by atoms with Crippen molar-refractivity contribution >= 4 is 23.5 Å². The molecule has 0 unspecified atom stereocenters. The summed E-state index contributed by atoms with van der Waals surface area (Å²) in [5.74, 6) is -0.686. The van der Waals surface area contributed by atoms with Crippen molar-refractivity contribution in [2.75, 3.05) is 18.0 Å². The van der Waals surface area contributed by atoms with E-state index in [1.54, 1.807) is 12.1 Å². The molecule has 10 heteroatoms. The minimum Gasteiger partial charge on any atom is -0.442 e. The van der Waals surface area contributed by atoms with Gasteiger partial charge in [0.1, 0.15) is 18.2 Å². The second-order valence-corrected chi connectivity index (χ2v) is 8.16. The number of carbonyl (C=O) groups is 3. The van der Waals surface area contributed by atoms with E-state index in [0.29, 0.717) is 11.3 Å². The highest BCUT2D eigenvalue weighted by atomic mass is 19.1. The number of amides is 2. The van der Waals surface area contributed by atoms with Gasteiger partial charge < -0.3 is 10.1 Å². The van der Waals surface area contributed by atoms with Gasteiger partial charge in [0, 0.05) is 18.4 Å². The largest absolute Gasteiger partial charge is 0.442 e. The molecule has 1 saturated heterocycles. The number of halogens is 1. The van der Waals surface area contributed by atoms with Crippen LogP contribution >= 0.6 is 0 Å². The van der Waals surface area contributed by atoms with Crippen LogP contribution in [0.2, 0.25) is 0 Å². The van der Waals surface area contributed by atoms with Crippen LogP contribution in [0.5, 0.6) is 0 Å². The average Bonchev–Trinajstić information content (AvgIpc) is 3.46. The van der Waals surface area contributed by atoms with Crippen LogP contribution in [0.1, 0.15) is 34.3 Å². The van der Waals surface area contributed by atoms with Crippen LogP contribution in [-0.2, 0) is 9.53 Å². The standard InChI is InChI=1S/C24H24FN5O4/c1-14-3-5-18(15(2)9-14)21(31)7-8-22(32)26-11-17-12-30(24(33)34-17)16-4-6-19(20(25)10-16)23-27-13-28-29-23/h3-6,9-10,13,17H,7-8,11-12H2,1-2H3,(H,26,32)(H,27,28,29)/t17-/m0/s1. The molecule has 1 fully saturated rings. The van der Waals surface area contributed by atoms with E-state index in [9.17, 15) is 18.8 Å². The molecular formula is C24H24FN5O4. The Morgan fingerprint density at radius 2 is 2.03 bits per heavy atom. The van der Waals surface area contributed by atoms with E-state index in [0.717, 1.165) is 11.1 Å². The lowest BCUT2D eigenvalue weighted by Gasteiger charge is -2.14. The highest BCUT2D eigenvalue weighted by molar-refractivity contribution is 5.99. The summed E-state index contributed by atoms with van der Waals surface area (Å²) in [5, 5.41) is 8.99. The highest BCUT2D eigenvalue weighted by Gasteiger charge is 2.33. The summed E-state index contributed by atoms with van der Waals surface area (Å²) in [6, 6.07) is 9.88. The van der Waals surface area contributed by atoms with Crippen LogP contribution < -0.4 is 10.2 Å². The van der Waals surface area contributed by atoms with Crippen molar-refractivity contribution in [3.63, 3.8) is 0 Å². The molecule has 3 aromatic rings. The Hall–Kier alpha value is -4.08. The number of nitrogens with one attached hydrogen (secondary N) is 2. The van der Waals surface area contributed by atoms with E-state index in [2.05, 4.69) is 20.5 Å². The third-order valence-corrected chi connectivity index (χ3v) is 5.60. The van der Waals surface area contributed by atoms with Crippen molar-refractivity contribution < 1.29 is 23.5 Å². The maximum atomic E-state index is 14.5. The van der Waals surface area contributed by atoms with Crippen LogP contribution in [0.15, 0.2) is 42.7 Å². The fourth-order valence-corrected chi connectivity index (χ4v) is 3.84. The summed E-state index contributed by atoms with van der Waals surface area (Å²) in [5.41, 5.74) is 3.13. The van der Waals surface area contributed by atoms with Crippen molar-refractivity contribution in [3.05, 3.63) is 65.2 Å². The zero-order chi connectivity index (χ0) is 24.2. The smallest absolute Gasteiger partial charge is 0.414 e. The van der Waals surface area contributed by atoms with Crippen LogP contribution in [0, 0.1) is 19.7 Å². The van der Waals surface area contributed by atoms with Crippen molar-refractivity contribution in [2.45, 2.75) is 32.8 Å². The summed E-state index contributed by atoms with van der Waals surface area (Å²) in [7, 11) is 0. The molecule has 2 N–H and O–H groups in total. The van der Waals surface area contributed by atoms with Gasteiger partial charge in [-0.1, -0.05) is 23.8 Å². The lowest BCUT2D eigenvalue weighted by molar-refractivity contribution is -0.121. The average molecular weight is 465 g/mol. The van der Waals surface area contributed by atoms with E-state index in [-0.39, 0.29) is 49.0 Å². The zero-order valence-electron chi connectivity index (χ0n) is 18.8. The SMILES string of the molecule is Cc1ccc(C(=O)CCC(=O)NC[C@H]2CN(c3ccc(-c4ncn[nH]4)c(F)c3)C(=O)O2)c(C)c1. The van der Waals surface area contributed by atoms with Crippen molar-refractivity contribution in [2.24, 2.45) is 0 Å². The predicted molar refractivity (Wildman–Crippen MR) is 122 cm³/mol. The highest BCUT2D eigenvalue weighted by Crippen LogP contribution is 2.27. The number of hydrogen-bond donors (Lipinski definition) is 2. The van der Waals surface area contributed by atoms with Gasteiger partial charge in [-0.3, -0.25) is 19.6 Å². The van der Waals surface area contributed by atoms with E-state index in [4.69, 9.17) is 4.74 Å². The van der Waals surface area contributed by atoms with Gasteiger partial charge >= 0.3 is 6.09 Å². The number of ketones is 1. The number of carbonyl (C=O) groups excluding carboxylic acids is 3. The second-order valence-electron chi connectivity index (χ2n) is 8.16. The Balaban J connectivity index is 1.28. The van der Waals surface area contributed by atoms with Gasteiger partial charge in [0.05, 0.1) is 24.3 Å². The lowest BCUT2D eigenvalue weighted by Crippen LogP contribution is -2.34. The minimum atomic E-state index is -0.629. The molecule has 0 saturated carbocycles. The molecule has 1 aliphatic rings. The summed E-state index contributed by atoms with van der Waals surface area (Å²) in [6.07, 6.45) is 0.173. The molecule has 0 bridgehead atoms. The third kappa shape index (κ3) is 5.11. The topological polar surface area (TPSA) is 117 Å². The number of cyclic esters (lactones) is 1. The first-order valence-corrected chi connectivity index (χ1v) is 10.8. The zero-order valence-corrected chi connectivity index (χ0v) is 18.8. The number of rotatable bonds is 8. The molecule has 4 rings (SSSR count). The Morgan fingerprint density at radius 3 is 2.74 bits per heavy atom. The van der Waals surface area contributed by atoms with E-state index in [1.807, 2.05) is 26.0 Å². The van der Waals surface area contributed by atoms with Gasteiger partial charge in [0.15, 0.2) is 11.6 Å². The molecule has 0 spiro atoms. The number of aryl methyl sites for hydroxylation is 2. The molecule has 9 nitrogen and oxygen atoms in total. The van der Waals surface area contributed by atoms with Crippen molar-refractivity contribution in [1.82, 2.24) is 20.5 Å². The molecule has 176 valence electrons. The first-order valence-electron chi connectivity index (χ1n) is 10.8. The number of Topliss-reactive ketones (excluding diaryl/α,β-unsaturated/α-hetero) is 1. The second kappa shape index (κ2) is 9.82. The Kier molecular flexibility index (Phi) is 6.67. The molecule has 34 heavy (non-hydrogen) atoms. The number of nitrogens with zero attached hydrogens (tertiary/aromatic N) is 3. The molecule has 1 aliphatic heterocycles. The van der Waals surface area contributed by atoms with E-state index >= 15 is 0 Å². The maximum absolute atomic E-state index is 14.5. The molecule has 1 atom stereocenters. The number of ether oxygens (including phenoxy) is 1. The molecule has 2 amide bonds. The first-order chi connectivity index (χ1) is 16.3. The van der Waals surface area contributed by atoms with E-state index < -0.39 is 18.0 Å². The molecule has 1 aromatic heterocycles. The molecule has 0 aliphatic carbocycles. The Bertz CT molecular complexity index is 1230. The number of benzene rings is 2. The van der Waals surface area contributed by atoms with Gasteiger partial charge in [-0.15, -0.1) is 0 Å². The number of aromatic amines is 1. The van der Waals surface area contributed by atoms with Gasteiger partial charge in [-0.2, -0.15) is 5.10 Å². The molecule has 2 aromatic carbocycles. The monoisotopic (exact) mass is 465 g/mol. The number of aromatic nitrogens is 3. The van der Waals surface area contributed by atoms with Crippen molar-refractivity contribution in [3.8, 4) is 11.4 Å². The van der Waals surface area contributed by atoms with Crippen LogP contribution in [0.3, 0.4) is 0 Å². The number of anilines is 1. The summed E-state index contributed by atoms with van der Waals surface area (Å²) in [4.78, 5) is 42.1. The van der Waals surface area contributed by atoms with Crippen LogP contribution in [0.4, 0.5) is 14.9 Å². The Labute approximate surface area is 195 Å². The van der Waals surface area contributed by atoms with Gasteiger partial charge in [-0.25, -0.2) is 14.2 Å². The maximum Gasteiger partial charge on any atom is 0.414 e. The normalized spacial score (nSPS) is 15.3. The minimum absolute atomic E-state index is 0.0326. The summed E-state index contributed by atoms with van der Waals surface area (Å²) in [6.45, 7) is 4.07. The molecule has 0 radical (unpaired) electrons. The van der Waals surface area contributed by atoms with Crippen LogP contribution in [-0.4, -0.2) is 52.2 Å². The first kappa shape index (κ1) is 23.1. The fourth-order valence-electron chi connectivity index (χ4n) is 3.84. The van der Waals surface area contributed by atoms with Crippen molar-refractivity contribution in [1.29, 1.82) is 0 Å². The molecule has 2 heterocycles. The third-order valence-electron chi connectivity index (χ3n) is 5.60. The van der Waals surface area contributed by atoms with E-state index in [1.165, 1.54) is 23.4 Å². The number of H-pyrrole nitrogens is 1. The fraction of sp³-hybridized carbons (Fsp3) is 0.292. The summed E-state index contributed by atoms with van der Waals surface area (Å²) >= 11 is 0. The van der Waals surface area contributed by atoms with Gasteiger partial charge in [-0.05, 0) is 37.6 Å². The van der Waals surface area contributed by atoms with Crippen LogP contribution in [0.25, 0.3) is 11.4 Å².